The predicted octanol–water partition coefficient (Wildman–Crippen LogP) is 7.92. The van der Waals surface area contributed by atoms with Gasteiger partial charge in [0, 0.05) is 10.4 Å². The van der Waals surface area contributed by atoms with Crippen molar-refractivity contribution >= 4 is 22.3 Å². The number of benzene rings is 2. The van der Waals surface area contributed by atoms with Gasteiger partial charge in [-0.1, -0.05) is 109 Å². The lowest BCUT2D eigenvalue weighted by atomic mass is 9.92. The Bertz CT molecular complexity index is 3040. The Hall–Kier alpha value is -8.62. The Morgan fingerprint density at radius 3 is 0.967 bits per heavy atom. The summed E-state index contributed by atoms with van der Waals surface area (Å²) < 4.78 is 17.0. The maximum Gasteiger partial charge on any atom is 0.136 e. The molecule has 7 heteroatoms. The van der Waals surface area contributed by atoms with Gasteiger partial charge in [-0.25, -0.2) is 0 Å². The summed E-state index contributed by atoms with van der Waals surface area (Å²) >= 11 is 0. The molecule has 0 saturated carbocycles. The Morgan fingerprint density at radius 1 is 0.333 bits per heavy atom. The Morgan fingerprint density at radius 2 is 0.633 bits per heavy atom. The van der Waals surface area contributed by atoms with Crippen LogP contribution in [0.15, 0.2) is 152 Å². The Labute approximate surface area is 347 Å². The standard InChI is InChI=1S/C53H34N4O3/c1-58-41-16-12-35-14-22-48(44(35)24-18-41)52(37-8-4-33(5-9-37)39(29-54)30-55)50-28-51(47-27-21-43(60-3)20-26-46(47)50)53(38-10-6-34(7-11-38)40(31-56)32-57)49-23-15-36-13-17-42(59-2)19-25-45(36)49/h4-28H,1-3H3. The van der Waals surface area contributed by atoms with Gasteiger partial charge in [-0.2, -0.15) is 21.0 Å². The smallest absolute Gasteiger partial charge is 0.136 e. The molecule has 0 spiro atoms. The van der Waals surface area contributed by atoms with E-state index in [1.165, 1.54) is 0 Å². The van der Waals surface area contributed by atoms with Gasteiger partial charge >= 0.3 is 0 Å². The van der Waals surface area contributed by atoms with Crippen molar-refractivity contribution in [1.29, 1.82) is 21.0 Å². The van der Waals surface area contributed by atoms with Crippen LogP contribution < -0.4 is 35.1 Å². The van der Waals surface area contributed by atoms with E-state index in [0.29, 0.717) is 16.2 Å². The molecule has 6 aliphatic carbocycles. The van der Waals surface area contributed by atoms with Gasteiger partial charge in [-0.3, -0.25) is 0 Å². The van der Waals surface area contributed by atoms with E-state index in [2.05, 4.69) is 54.6 Å². The van der Waals surface area contributed by atoms with Gasteiger partial charge in [-0.05, 0) is 120 Å². The summed E-state index contributed by atoms with van der Waals surface area (Å²) in [5.74, 6) is 2.14. The Kier molecular flexibility index (Phi) is 10.5. The zero-order valence-electron chi connectivity index (χ0n) is 32.9. The average Bonchev–Trinajstić information content (AvgIpc) is 3.79. The maximum atomic E-state index is 9.68. The Balaban J connectivity index is 1.53. The van der Waals surface area contributed by atoms with E-state index in [0.717, 1.165) is 88.7 Å². The average molecular weight is 775 g/mol. The van der Waals surface area contributed by atoms with Crippen molar-refractivity contribution in [3.8, 4) is 74.9 Å². The first-order valence-electron chi connectivity index (χ1n) is 19.0. The summed E-state index contributed by atoms with van der Waals surface area (Å²) in [5.41, 5.74) is 11.8. The lowest BCUT2D eigenvalue weighted by molar-refractivity contribution is 0.415. The zero-order chi connectivity index (χ0) is 41.8. The van der Waals surface area contributed by atoms with E-state index in [9.17, 15) is 21.0 Å². The molecule has 0 bridgehead atoms. The number of ether oxygens (including phenoxy) is 3. The van der Waals surface area contributed by atoms with Crippen molar-refractivity contribution in [3.63, 3.8) is 0 Å². The highest BCUT2D eigenvalue weighted by molar-refractivity contribution is 6.03. The molecule has 0 heterocycles. The number of hydrogen-bond acceptors (Lipinski definition) is 7. The molecule has 0 saturated heterocycles. The summed E-state index contributed by atoms with van der Waals surface area (Å²) in [4.78, 5) is 0. The molecule has 8 rings (SSSR count). The number of hydrogen-bond donors (Lipinski definition) is 0. The van der Waals surface area contributed by atoms with Crippen molar-refractivity contribution in [2.24, 2.45) is 0 Å². The van der Waals surface area contributed by atoms with Crippen LogP contribution in [0.5, 0.6) is 17.2 Å². The summed E-state index contributed by atoms with van der Waals surface area (Å²) in [6.45, 7) is 0. The highest BCUT2D eigenvalue weighted by atomic mass is 16.5. The van der Waals surface area contributed by atoms with Crippen LogP contribution in [0, 0.1) is 45.3 Å². The molecule has 0 N–H and O–H groups in total. The molecule has 7 nitrogen and oxygen atoms in total. The van der Waals surface area contributed by atoms with Crippen molar-refractivity contribution in [3.05, 3.63) is 195 Å². The molecule has 0 aromatic heterocycles. The van der Waals surface area contributed by atoms with E-state index in [4.69, 9.17) is 14.2 Å². The molecule has 0 radical (unpaired) electrons. The van der Waals surface area contributed by atoms with E-state index >= 15 is 0 Å². The van der Waals surface area contributed by atoms with Crippen LogP contribution in [0.1, 0.15) is 22.3 Å². The summed E-state index contributed by atoms with van der Waals surface area (Å²) in [6, 6.07) is 58.0. The van der Waals surface area contributed by atoms with Crippen LogP contribution >= 0.6 is 0 Å². The molecule has 60 heavy (non-hydrogen) atoms. The normalized spacial score (nSPS) is 10.5. The molecular formula is C53H34N4O3. The van der Waals surface area contributed by atoms with Crippen LogP contribution in [0.2, 0.25) is 0 Å². The fraction of sp³-hybridized carbons (Fsp3) is 0.0566. The van der Waals surface area contributed by atoms with Crippen molar-refractivity contribution in [1.82, 2.24) is 0 Å². The minimum Gasteiger partial charge on any atom is -0.497 e. The first-order chi connectivity index (χ1) is 29.4. The first-order valence-corrected chi connectivity index (χ1v) is 19.0. The van der Waals surface area contributed by atoms with Crippen LogP contribution in [-0.4, -0.2) is 21.3 Å². The molecular weight excluding hydrogens is 741 g/mol. The molecule has 2 aromatic rings. The third-order valence-corrected chi connectivity index (χ3v) is 10.9. The van der Waals surface area contributed by atoms with E-state index in [1.807, 2.05) is 121 Å². The highest BCUT2D eigenvalue weighted by Gasteiger charge is 2.26. The van der Waals surface area contributed by atoms with Gasteiger partial charge in [0.05, 0.1) is 21.3 Å². The van der Waals surface area contributed by atoms with Crippen LogP contribution in [0.3, 0.4) is 0 Å². The number of methoxy groups -OCH3 is 3. The number of rotatable bonds is 7. The number of nitriles is 4. The molecule has 0 fully saturated rings. The monoisotopic (exact) mass is 774 g/mol. The largest absolute Gasteiger partial charge is 0.497 e. The minimum absolute atomic E-state index is 0.0358. The van der Waals surface area contributed by atoms with Crippen molar-refractivity contribution < 1.29 is 14.2 Å². The lowest BCUT2D eigenvalue weighted by Crippen LogP contribution is -2.14. The van der Waals surface area contributed by atoms with Gasteiger partial charge < -0.3 is 14.2 Å². The molecule has 0 aliphatic heterocycles. The molecule has 0 amide bonds. The topological polar surface area (TPSA) is 123 Å². The number of fused-ring (bicyclic) bond motifs is 3. The number of nitrogens with zero attached hydrogens (tertiary/aromatic N) is 4. The fourth-order valence-corrected chi connectivity index (χ4v) is 7.89. The summed E-state index contributed by atoms with van der Waals surface area (Å²) in [6.07, 6.45) is 0. The highest BCUT2D eigenvalue weighted by Crippen LogP contribution is 2.46. The predicted molar refractivity (Wildman–Crippen MR) is 233 cm³/mol. The molecule has 284 valence electrons. The zero-order valence-corrected chi connectivity index (χ0v) is 32.9. The van der Waals surface area contributed by atoms with Crippen molar-refractivity contribution in [2.75, 3.05) is 21.3 Å². The van der Waals surface area contributed by atoms with Gasteiger partial charge in [0.2, 0.25) is 0 Å². The lowest BCUT2D eigenvalue weighted by Gasteiger charge is -2.11. The van der Waals surface area contributed by atoms with Gasteiger partial charge in [0.1, 0.15) is 52.7 Å². The molecule has 0 unspecified atom stereocenters. The second-order valence-electron chi connectivity index (χ2n) is 14.0. The minimum atomic E-state index is 0.0358. The van der Waals surface area contributed by atoms with Gasteiger partial charge in [0.25, 0.3) is 0 Å². The van der Waals surface area contributed by atoms with Crippen LogP contribution in [-0.2, 0) is 0 Å². The third kappa shape index (κ3) is 6.90. The fourth-order valence-electron chi connectivity index (χ4n) is 7.89. The van der Waals surface area contributed by atoms with E-state index < -0.39 is 0 Å². The van der Waals surface area contributed by atoms with Crippen LogP contribution in [0.25, 0.3) is 55.7 Å². The summed E-state index contributed by atoms with van der Waals surface area (Å²) in [7, 11) is 4.95. The molecule has 2 aromatic carbocycles. The summed E-state index contributed by atoms with van der Waals surface area (Å²) in [5, 5.41) is 41.6. The van der Waals surface area contributed by atoms with Crippen LogP contribution in [0.4, 0.5) is 0 Å². The second-order valence-corrected chi connectivity index (χ2v) is 14.0. The third-order valence-electron chi connectivity index (χ3n) is 10.9. The van der Waals surface area contributed by atoms with Gasteiger partial charge in [-0.15, -0.1) is 0 Å². The van der Waals surface area contributed by atoms with Crippen molar-refractivity contribution in [2.45, 2.75) is 0 Å². The first kappa shape index (κ1) is 38.3. The molecule has 0 atom stereocenters. The van der Waals surface area contributed by atoms with E-state index in [1.54, 1.807) is 21.3 Å². The maximum absolute atomic E-state index is 9.68. The van der Waals surface area contributed by atoms with E-state index in [-0.39, 0.29) is 11.1 Å². The SMILES string of the molecule is COc1ccc2ccc(C(c3cc(C(c4ccc5ccc(OC)ccc4-5)=c4ccc(=C(C#N)C#N)cc4)c4ccc(OC)ccc3-4)=c3ccc(=C(C#N)C#N)cc3)c-2cc1. The second kappa shape index (κ2) is 16.5. The quantitative estimate of drug-likeness (QED) is 0.161. The molecule has 6 aliphatic rings. The van der Waals surface area contributed by atoms with Gasteiger partial charge in [0.15, 0.2) is 0 Å².